The Morgan fingerprint density at radius 2 is 1.85 bits per heavy atom. The zero-order valence-electron chi connectivity index (χ0n) is 17.9. The molecule has 13 heteroatoms. The van der Waals surface area contributed by atoms with Crippen molar-refractivity contribution >= 4 is 67.6 Å². The van der Waals surface area contributed by atoms with E-state index in [4.69, 9.17) is 11.6 Å². The van der Waals surface area contributed by atoms with E-state index in [-0.39, 0.29) is 22.1 Å². The minimum atomic E-state index is -4.81. The number of halogens is 6. The second kappa shape index (κ2) is 9.82. The summed E-state index contributed by atoms with van der Waals surface area (Å²) >= 11 is 11.5. The van der Waals surface area contributed by atoms with Gasteiger partial charge in [-0.3, -0.25) is 9.59 Å². The molecule has 2 N–H and O–H groups in total. The third-order valence-electron chi connectivity index (χ3n) is 4.37. The highest BCUT2D eigenvalue weighted by atomic mass is 127. The maximum atomic E-state index is 13.4. The lowest BCUT2D eigenvalue weighted by molar-refractivity contribution is -0.141. The predicted molar refractivity (Wildman–Crippen MR) is 134 cm³/mol. The van der Waals surface area contributed by atoms with Crippen LogP contribution >= 0.6 is 50.1 Å². The summed E-state index contributed by atoms with van der Waals surface area (Å²) in [5.74, 6) is -1.56. The fourth-order valence-electron chi connectivity index (χ4n) is 2.98. The quantitative estimate of drug-likeness (QED) is 0.193. The zero-order valence-corrected chi connectivity index (χ0v) is 22.4. The molecule has 34 heavy (non-hydrogen) atoms. The lowest BCUT2D eigenvalue weighted by Crippen LogP contribution is -2.38. The monoisotopic (exact) mass is 669 g/mol. The molecule has 0 aliphatic heterocycles. The largest absolute Gasteiger partial charge is 0.435 e. The van der Waals surface area contributed by atoms with Crippen molar-refractivity contribution in [1.82, 2.24) is 20.1 Å². The van der Waals surface area contributed by atoms with Crippen LogP contribution in [0.2, 0.25) is 5.02 Å². The van der Waals surface area contributed by atoms with Crippen LogP contribution in [0.3, 0.4) is 0 Å². The second-order valence-corrected chi connectivity index (χ2v) is 11.7. The molecule has 0 aliphatic carbocycles. The Kier molecular flexibility index (Phi) is 7.63. The minimum Gasteiger partial charge on any atom is -0.338 e. The van der Waals surface area contributed by atoms with Gasteiger partial charge in [-0.25, -0.2) is 9.67 Å². The number of hydrogen-bond donors (Lipinski definition) is 2. The van der Waals surface area contributed by atoms with Crippen LogP contribution in [0, 0.1) is 6.92 Å². The number of carbonyl (C=O) groups excluding carboxylic acids is 2. The molecule has 0 unspecified atom stereocenters. The van der Waals surface area contributed by atoms with Gasteiger partial charge in [0, 0.05) is 16.7 Å². The molecule has 2 amide bonds. The standard InChI is InChI=1S/C21H17BrClF3IN5O2/c1-10-7-11(22)8-12(18(33)30-20(2,3)27)16(10)29-19(34)14-9-15(21(24,25)26)31-32(14)17-13(23)5-4-6-28-17/h4-9H,1-3H3,(H,29,34)(H,30,33). The molecule has 0 saturated heterocycles. The van der Waals surface area contributed by atoms with Crippen LogP contribution < -0.4 is 10.6 Å². The highest BCUT2D eigenvalue weighted by Crippen LogP contribution is 2.32. The first-order valence-corrected chi connectivity index (χ1v) is 11.8. The summed E-state index contributed by atoms with van der Waals surface area (Å²) in [5.41, 5.74) is -0.979. The summed E-state index contributed by atoms with van der Waals surface area (Å²) < 4.78 is 40.9. The summed E-state index contributed by atoms with van der Waals surface area (Å²) in [4.78, 5) is 30.1. The van der Waals surface area contributed by atoms with E-state index >= 15 is 0 Å². The molecule has 3 rings (SSSR count). The lowest BCUT2D eigenvalue weighted by atomic mass is 10.1. The van der Waals surface area contributed by atoms with Crippen molar-refractivity contribution in [1.29, 1.82) is 0 Å². The van der Waals surface area contributed by atoms with E-state index < -0.39 is 32.9 Å². The van der Waals surface area contributed by atoms with Gasteiger partial charge in [0.1, 0.15) is 5.69 Å². The van der Waals surface area contributed by atoms with Gasteiger partial charge in [-0.15, -0.1) is 0 Å². The Balaban J connectivity index is 2.10. The van der Waals surface area contributed by atoms with E-state index in [0.717, 1.165) is 4.68 Å². The molecule has 0 fully saturated rings. The predicted octanol–water partition coefficient (Wildman–Crippen LogP) is 6.16. The van der Waals surface area contributed by atoms with Gasteiger partial charge >= 0.3 is 6.18 Å². The van der Waals surface area contributed by atoms with Gasteiger partial charge in [-0.05, 0) is 50.6 Å². The topological polar surface area (TPSA) is 88.9 Å². The van der Waals surface area contributed by atoms with Gasteiger partial charge in [0.05, 0.1) is 19.8 Å². The average Bonchev–Trinajstić information content (AvgIpc) is 3.14. The number of aromatic nitrogens is 3. The van der Waals surface area contributed by atoms with E-state index in [9.17, 15) is 22.8 Å². The van der Waals surface area contributed by atoms with Crippen molar-refractivity contribution in [2.24, 2.45) is 0 Å². The van der Waals surface area contributed by atoms with Gasteiger partial charge in [-0.2, -0.15) is 18.3 Å². The van der Waals surface area contributed by atoms with Crippen LogP contribution in [0.1, 0.15) is 46.0 Å². The number of nitrogens with one attached hydrogen (secondary N) is 2. The van der Waals surface area contributed by atoms with Crippen molar-refractivity contribution in [3.63, 3.8) is 0 Å². The van der Waals surface area contributed by atoms with Crippen LogP contribution in [0.15, 0.2) is 41.0 Å². The number of carbonyl (C=O) groups is 2. The number of benzene rings is 1. The van der Waals surface area contributed by atoms with Crippen molar-refractivity contribution in [3.8, 4) is 5.82 Å². The van der Waals surface area contributed by atoms with Crippen LogP contribution in [-0.2, 0) is 6.18 Å². The molecule has 7 nitrogen and oxygen atoms in total. The molecule has 0 atom stereocenters. The van der Waals surface area contributed by atoms with E-state index in [0.29, 0.717) is 16.1 Å². The first kappa shape index (κ1) is 26.4. The number of pyridine rings is 1. The first-order valence-electron chi connectivity index (χ1n) is 9.58. The number of rotatable bonds is 5. The number of amides is 2. The third-order valence-corrected chi connectivity index (χ3v) is 5.39. The SMILES string of the molecule is Cc1cc(Br)cc(C(=O)NC(C)(C)I)c1NC(=O)c1cc(C(F)(F)F)nn1-c1ncccc1Cl. The summed E-state index contributed by atoms with van der Waals surface area (Å²) in [6.07, 6.45) is -3.50. The molecule has 3 aromatic rings. The maximum absolute atomic E-state index is 13.4. The number of hydrogen-bond acceptors (Lipinski definition) is 4. The Morgan fingerprint density at radius 3 is 2.44 bits per heavy atom. The van der Waals surface area contributed by atoms with E-state index in [1.165, 1.54) is 24.4 Å². The van der Waals surface area contributed by atoms with Crippen LogP contribution in [0.5, 0.6) is 0 Å². The molecule has 0 aliphatic rings. The number of alkyl halides is 4. The molecule has 2 heterocycles. The summed E-state index contributed by atoms with van der Waals surface area (Å²) in [6, 6.07) is 6.67. The highest BCUT2D eigenvalue weighted by molar-refractivity contribution is 14.1. The van der Waals surface area contributed by atoms with Gasteiger partial charge < -0.3 is 10.6 Å². The molecule has 0 radical (unpaired) electrons. The third kappa shape index (κ3) is 6.08. The Hall–Kier alpha value is -2.19. The van der Waals surface area contributed by atoms with Crippen molar-refractivity contribution in [2.45, 2.75) is 30.5 Å². The highest BCUT2D eigenvalue weighted by Gasteiger charge is 2.37. The molecule has 0 saturated carbocycles. The average molecular weight is 671 g/mol. The number of anilines is 1. The molecule has 1 aromatic carbocycles. The lowest BCUT2D eigenvalue weighted by Gasteiger charge is -2.21. The smallest absolute Gasteiger partial charge is 0.338 e. The normalized spacial score (nSPS) is 11.9. The first-order chi connectivity index (χ1) is 15.7. The summed E-state index contributed by atoms with van der Waals surface area (Å²) in [7, 11) is 0. The molecular formula is C21H17BrClF3IN5O2. The Labute approximate surface area is 219 Å². The van der Waals surface area contributed by atoms with Crippen molar-refractivity contribution in [3.05, 3.63) is 68.5 Å². The van der Waals surface area contributed by atoms with Crippen molar-refractivity contribution < 1.29 is 22.8 Å². The summed E-state index contributed by atoms with van der Waals surface area (Å²) in [6.45, 7) is 5.21. The number of aryl methyl sites for hydroxylation is 1. The van der Waals surface area contributed by atoms with Gasteiger partial charge in [0.25, 0.3) is 11.8 Å². The fourth-order valence-corrected chi connectivity index (χ4v) is 4.00. The number of nitrogens with zero attached hydrogens (tertiary/aromatic N) is 3. The molecule has 0 bridgehead atoms. The van der Waals surface area contributed by atoms with E-state index in [2.05, 4.69) is 36.6 Å². The molecule has 0 spiro atoms. The minimum absolute atomic E-state index is 0.00228. The van der Waals surface area contributed by atoms with E-state index in [1.54, 1.807) is 26.8 Å². The van der Waals surface area contributed by atoms with Crippen LogP contribution in [-0.4, -0.2) is 30.1 Å². The van der Waals surface area contributed by atoms with Crippen LogP contribution in [0.4, 0.5) is 18.9 Å². The van der Waals surface area contributed by atoms with Gasteiger partial charge in [0.15, 0.2) is 11.5 Å². The van der Waals surface area contributed by atoms with Crippen molar-refractivity contribution in [2.75, 3.05) is 5.32 Å². The van der Waals surface area contributed by atoms with Crippen LogP contribution in [0.25, 0.3) is 5.82 Å². The zero-order chi connectivity index (χ0) is 25.4. The Bertz CT molecular complexity index is 1270. The Morgan fingerprint density at radius 1 is 1.18 bits per heavy atom. The van der Waals surface area contributed by atoms with Gasteiger partial charge in [-0.1, -0.05) is 50.1 Å². The maximum Gasteiger partial charge on any atom is 0.435 e. The summed E-state index contributed by atoms with van der Waals surface area (Å²) in [5, 5.41) is 8.87. The molecule has 2 aromatic heterocycles. The van der Waals surface area contributed by atoms with E-state index in [1.807, 2.05) is 22.6 Å². The fraction of sp³-hybridized carbons (Fsp3) is 0.238. The second-order valence-electron chi connectivity index (χ2n) is 7.66. The van der Waals surface area contributed by atoms with Gasteiger partial charge in [0.2, 0.25) is 0 Å². The molecule has 180 valence electrons. The molecular weight excluding hydrogens is 654 g/mol.